The van der Waals surface area contributed by atoms with E-state index in [9.17, 15) is 18.0 Å². The second-order valence-corrected chi connectivity index (χ2v) is 7.70. The second-order valence-electron chi connectivity index (χ2n) is 7.70. The van der Waals surface area contributed by atoms with E-state index in [2.05, 4.69) is 4.98 Å². The minimum Gasteiger partial charge on any atom is -0.475 e. The molecular weight excluding hydrogens is 441 g/mol. The quantitative estimate of drug-likeness (QED) is 0.624. The van der Waals surface area contributed by atoms with Crippen LogP contribution in [0.3, 0.4) is 0 Å². The van der Waals surface area contributed by atoms with E-state index in [0.717, 1.165) is 42.0 Å². The van der Waals surface area contributed by atoms with Crippen LogP contribution in [0.15, 0.2) is 42.9 Å². The van der Waals surface area contributed by atoms with Gasteiger partial charge < -0.3 is 14.9 Å². The maximum absolute atomic E-state index is 12.2. The number of carbonyl (C=O) groups is 2. The third kappa shape index (κ3) is 5.96. The Bertz CT molecular complexity index is 1120. The summed E-state index contributed by atoms with van der Waals surface area (Å²) in [6.07, 6.45) is 2.48. The molecule has 1 fully saturated rings. The molecule has 0 aliphatic carbocycles. The van der Waals surface area contributed by atoms with E-state index in [1.165, 1.54) is 0 Å². The van der Waals surface area contributed by atoms with Gasteiger partial charge in [-0.2, -0.15) is 18.3 Å². The molecule has 1 aliphatic heterocycles. The zero-order valence-electron chi connectivity index (χ0n) is 18.0. The summed E-state index contributed by atoms with van der Waals surface area (Å²) in [6.45, 7) is 1.47. The zero-order valence-corrected chi connectivity index (χ0v) is 18.0. The van der Waals surface area contributed by atoms with Gasteiger partial charge in [0.05, 0.1) is 0 Å². The Kier molecular flexibility index (Phi) is 7.14. The van der Waals surface area contributed by atoms with E-state index in [4.69, 9.17) is 20.0 Å². The van der Waals surface area contributed by atoms with Crippen molar-refractivity contribution in [2.24, 2.45) is 0 Å². The lowest BCUT2D eigenvalue weighted by Gasteiger charge is -2.33. The predicted octanol–water partition coefficient (Wildman–Crippen LogP) is 3.29. The van der Waals surface area contributed by atoms with Gasteiger partial charge in [0.1, 0.15) is 0 Å². The van der Waals surface area contributed by atoms with Crippen LogP contribution in [0.1, 0.15) is 24.6 Å². The first kappa shape index (κ1) is 24.0. The molecule has 0 spiro atoms. The molecule has 4 rings (SSSR count). The molecule has 33 heavy (non-hydrogen) atoms. The molecule has 12 heteroatoms. The highest BCUT2D eigenvalue weighted by Gasteiger charge is 2.38. The number of aliphatic carboxylic acids is 1. The number of aromatic nitrogens is 4. The Morgan fingerprint density at radius 1 is 1.18 bits per heavy atom. The van der Waals surface area contributed by atoms with Crippen molar-refractivity contribution in [1.82, 2.24) is 29.4 Å². The monoisotopic (exact) mass is 464 g/mol. The maximum atomic E-state index is 12.2. The molecule has 0 bridgehead atoms. The number of urea groups is 1. The minimum atomic E-state index is -5.08. The summed E-state index contributed by atoms with van der Waals surface area (Å²) in [6, 6.07) is 8.01. The van der Waals surface area contributed by atoms with Gasteiger partial charge in [-0.15, -0.1) is 0 Å². The number of alkyl halides is 3. The summed E-state index contributed by atoms with van der Waals surface area (Å²) in [5.41, 5.74) is 2.92. The van der Waals surface area contributed by atoms with E-state index in [-0.39, 0.29) is 11.9 Å². The normalized spacial score (nSPS) is 16.2. The van der Waals surface area contributed by atoms with Crippen LogP contribution in [0.4, 0.5) is 18.0 Å². The van der Waals surface area contributed by atoms with Crippen molar-refractivity contribution < 1.29 is 27.9 Å². The molecule has 1 unspecified atom stereocenters. The van der Waals surface area contributed by atoms with Crippen molar-refractivity contribution in [2.75, 3.05) is 27.2 Å². The SMILES string of the molecule is CN(C)C(=O)N1CCCC(c2nc3ccc(-c4cccnc4)cn3n2)C1.O=C(O)C(F)(F)F. The lowest BCUT2D eigenvalue weighted by Crippen LogP contribution is -2.44. The molecule has 3 aromatic heterocycles. The van der Waals surface area contributed by atoms with Gasteiger partial charge in [0.25, 0.3) is 0 Å². The number of pyridine rings is 2. The highest BCUT2D eigenvalue weighted by atomic mass is 19.4. The van der Waals surface area contributed by atoms with Crippen molar-refractivity contribution in [2.45, 2.75) is 24.9 Å². The molecule has 9 nitrogen and oxygen atoms in total. The highest BCUT2D eigenvalue weighted by molar-refractivity contribution is 5.74. The number of fused-ring (bicyclic) bond motifs is 1. The van der Waals surface area contributed by atoms with Crippen molar-refractivity contribution in [3.63, 3.8) is 0 Å². The van der Waals surface area contributed by atoms with Gasteiger partial charge in [0.2, 0.25) is 0 Å². The third-order valence-electron chi connectivity index (χ3n) is 5.02. The molecule has 0 saturated carbocycles. The fourth-order valence-electron chi connectivity index (χ4n) is 3.42. The Morgan fingerprint density at radius 3 is 2.52 bits per heavy atom. The van der Waals surface area contributed by atoms with Crippen molar-refractivity contribution >= 4 is 17.6 Å². The summed E-state index contributed by atoms with van der Waals surface area (Å²) in [5, 5.41) is 11.8. The molecule has 0 aromatic carbocycles. The number of piperidine rings is 1. The van der Waals surface area contributed by atoms with E-state index < -0.39 is 12.1 Å². The molecule has 1 aliphatic rings. The van der Waals surface area contributed by atoms with Crippen molar-refractivity contribution in [1.29, 1.82) is 0 Å². The Labute approximate surface area is 187 Å². The number of rotatable bonds is 2. The van der Waals surface area contributed by atoms with Gasteiger partial charge in [0.15, 0.2) is 11.5 Å². The predicted molar refractivity (Wildman–Crippen MR) is 113 cm³/mol. The van der Waals surface area contributed by atoms with Gasteiger partial charge in [-0.05, 0) is 31.0 Å². The maximum Gasteiger partial charge on any atom is 0.490 e. The zero-order chi connectivity index (χ0) is 24.2. The first-order valence-electron chi connectivity index (χ1n) is 10.1. The smallest absolute Gasteiger partial charge is 0.475 e. The van der Waals surface area contributed by atoms with Crippen LogP contribution in [0, 0.1) is 0 Å². The molecule has 176 valence electrons. The number of likely N-dealkylation sites (tertiary alicyclic amines) is 1. The van der Waals surface area contributed by atoms with Crippen molar-refractivity contribution in [3.05, 3.63) is 48.7 Å². The molecule has 2 amide bonds. The van der Waals surface area contributed by atoms with Crippen LogP contribution >= 0.6 is 0 Å². The van der Waals surface area contributed by atoms with Crippen LogP contribution in [0.5, 0.6) is 0 Å². The number of carboxylic acids is 1. The molecule has 1 atom stereocenters. The number of hydrogen-bond acceptors (Lipinski definition) is 5. The lowest BCUT2D eigenvalue weighted by atomic mass is 9.98. The molecule has 3 aromatic rings. The fraction of sp³-hybridized carbons (Fsp3) is 0.381. The first-order valence-corrected chi connectivity index (χ1v) is 10.1. The summed E-state index contributed by atoms with van der Waals surface area (Å²) < 4.78 is 33.6. The van der Waals surface area contributed by atoms with E-state index >= 15 is 0 Å². The lowest BCUT2D eigenvalue weighted by molar-refractivity contribution is -0.192. The number of carboxylic acid groups (broad SMARTS) is 1. The number of amides is 2. The standard InChI is InChI=1S/C19H22N6O.C2HF3O2/c1-23(2)19(26)24-10-4-6-16(12-24)18-21-17-8-7-15(13-25(17)22-18)14-5-3-9-20-11-14;3-2(4,5)1(6)7/h3,5,7-9,11,13,16H,4,6,10,12H2,1-2H3;(H,6,7). The number of hydrogen-bond donors (Lipinski definition) is 1. The molecule has 4 heterocycles. The average Bonchev–Trinajstić information content (AvgIpc) is 3.22. The average molecular weight is 464 g/mol. The number of halogens is 3. The van der Waals surface area contributed by atoms with Gasteiger partial charge >= 0.3 is 18.2 Å². The largest absolute Gasteiger partial charge is 0.490 e. The van der Waals surface area contributed by atoms with Crippen LogP contribution < -0.4 is 0 Å². The molecular formula is C21H23F3N6O3. The van der Waals surface area contributed by atoms with Crippen LogP contribution in [0.25, 0.3) is 16.8 Å². The third-order valence-corrected chi connectivity index (χ3v) is 5.02. The van der Waals surface area contributed by atoms with Gasteiger partial charge in [0, 0.05) is 62.8 Å². The summed E-state index contributed by atoms with van der Waals surface area (Å²) >= 11 is 0. The van der Waals surface area contributed by atoms with Crippen LogP contribution in [0.2, 0.25) is 0 Å². The van der Waals surface area contributed by atoms with Crippen LogP contribution in [-0.2, 0) is 4.79 Å². The second kappa shape index (κ2) is 9.84. The number of nitrogens with zero attached hydrogens (tertiary/aromatic N) is 6. The summed E-state index contributed by atoms with van der Waals surface area (Å²) in [5.74, 6) is -1.77. The molecule has 1 N–H and O–H groups in total. The summed E-state index contributed by atoms with van der Waals surface area (Å²) in [7, 11) is 3.57. The number of carbonyl (C=O) groups excluding carboxylic acids is 1. The van der Waals surface area contributed by atoms with Gasteiger partial charge in [-0.3, -0.25) is 4.98 Å². The fourth-order valence-corrected chi connectivity index (χ4v) is 3.42. The highest BCUT2D eigenvalue weighted by Crippen LogP contribution is 2.26. The van der Waals surface area contributed by atoms with Gasteiger partial charge in [-0.25, -0.2) is 19.1 Å². The topological polar surface area (TPSA) is 104 Å². The first-order chi connectivity index (χ1) is 15.6. The van der Waals surface area contributed by atoms with Gasteiger partial charge in [-0.1, -0.05) is 6.07 Å². The Balaban J connectivity index is 0.000000383. The Hall–Kier alpha value is -3.70. The minimum absolute atomic E-state index is 0.0531. The van der Waals surface area contributed by atoms with Crippen molar-refractivity contribution in [3.8, 4) is 11.1 Å². The summed E-state index contributed by atoms with van der Waals surface area (Å²) in [4.78, 5) is 33.5. The Morgan fingerprint density at radius 2 is 1.91 bits per heavy atom. The molecule has 0 radical (unpaired) electrons. The van der Waals surface area contributed by atoms with E-state index in [1.54, 1.807) is 25.2 Å². The molecule has 1 saturated heterocycles. The van der Waals surface area contributed by atoms with Crippen LogP contribution in [-0.4, -0.2) is 79.8 Å². The van der Waals surface area contributed by atoms with E-state index in [1.807, 2.05) is 46.1 Å². The van der Waals surface area contributed by atoms with E-state index in [0.29, 0.717) is 6.54 Å².